The van der Waals surface area contributed by atoms with Crippen molar-refractivity contribution in [3.8, 4) is 11.3 Å². The molecule has 0 aliphatic heterocycles. The van der Waals surface area contributed by atoms with Crippen LogP contribution in [0.2, 0.25) is 0 Å². The lowest BCUT2D eigenvalue weighted by Crippen LogP contribution is -2.10. The molecule has 0 radical (unpaired) electrons. The number of nitrogens with zero attached hydrogens (tertiary/aromatic N) is 4. The maximum absolute atomic E-state index is 11.9. The first-order chi connectivity index (χ1) is 11.1. The van der Waals surface area contributed by atoms with E-state index >= 15 is 0 Å². The van der Waals surface area contributed by atoms with Crippen LogP contribution in [0.25, 0.3) is 16.9 Å². The van der Waals surface area contributed by atoms with Crippen LogP contribution < -0.4 is 0 Å². The van der Waals surface area contributed by atoms with Gasteiger partial charge in [0, 0.05) is 23.5 Å². The fourth-order valence-electron chi connectivity index (χ4n) is 2.27. The Hall–Kier alpha value is -2.28. The van der Waals surface area contributed by atoms with Gasteiger partial charge in [0.05, 0.1) is 12.3 Å². The smallest absolute Gasteiger partial charge is 0.357 e. The van der Waals surface area contributed by atoms with Crippen molar-refractivity contribution in [1.82, 2.24) is 19.6 Å². The lowest BCUT2D eigenvalue weighted by atomic mass is 10.2. The molecule has 0 bridgehead atoms. The fraction of sp³-hybridized carbons (Fsp3) is 0.250. The zero-order chi connectivity index (χ0) is 16.4. The SMILES string of the molecule is CCOC(=O)c1cc(CC)n2nc(-c3ccc(Br)nc3)cc2n1. The number of esters is 1. The highest BCUT2D eigenvalue weighted by Crippen LogP contribution is 2.21. The van der Waals surface area contributed by atoms with Gasteiger partial charge < -0.3 is 4.74 Å². The Morgan fingerprint density at radius 2 is 2.13 bits per heavy atom. The molecule has 0 unspecified atom stereocenters. The summed E-state index contributed by atoms with van der Waals surface area (Å²) < 4.78 is 7.55. The van der Waals surface area contributed by atoms with Gasteiger partial charge in [0.15, 0.2) is 11.3 Å². The Kier molecular flexibility index (Phi) is 4.38. The summed E-state index contributed by atoms with van der Waals surface area (Å²) in [6, 6.07) is 7.35. The van der Waals surface area contributed by atoms with Gasteiger partial charge in [-0.15, -0.1) is 0 Å². The van der Waals surface area contributed by atoms with Crippen molar-refractivity contribution in [3.63, 3.8) is 0 Å². The number of halogens is 1. The lowest BCUT2D eigenvalue weighted by Gasteiger charge is -2.05. The Morgan fingerprint density at radius 3 is 2.78 bits per heavy atom. The Morgan fingerprint density at radius 1 is 1.30 bits per heavy atom. The van der Waals surface area contributed by atoms with Gasteiger partial charge in [0.1, 0.15) is 4.60 Å². The number of carbonyl (C=O) groups is 1. The third kappa shape index (κ3) is 3.10. The molecule has 0 fully saturated rings. The number of ether oxygens (including phenoxy) is 1. The summed E-state index contributed by atoms with van der Waals surface area (Å²) in [4.78, 5) is 20.5. The number of hydrogen-bond acceptors (Lipinski definition) is 5. The molecule has 0 aromatic carbocycles. The van der Waals surface area contributed by atoms with E-state index in [1.54, 1.807) is 23.7 Å². The van der Waals surface area contributed by atoms with Gasteiger partial charge in [-0.05, 0) is 47.5 Å². The van der Waals surface area contributed by atoms with E-state index in [4.69, 9.17) is 4.74 Å². The largest absolute Gasteiger partial charge is 0.461 e. The molecule has 3 aromatic heterocycles. The summed E-state index contributed by atoms with van der Waals surface area (Å²) in [7, 11) is 0. The molecule has 3 aromatic rings. The van der Waals surface area contributed by atoms with E-state index in [0.717, 1.165) is 28.0 Å². The molecular formula is C16H15BrN4O2. The minimum absolute atomic E-state index is 0.302. The van der Waals surface area contributed by atoms with E-state index in [1.165, 1.54) is 0 Å². The average Bonchev–Trinajstić information content (AvgIpc) is 2.98. The van der Waals surface area contributed by atoms with Crippen molar-refractivity contribution in [3.05, 3.63) is 46.5 Å². The number of rotatable bonds is 4. The number of fused-ring (bicyclic) bond motifs is 1. The second-order valence-corrected chi connectivity index (χ2v) is 5.69. The minimum Gasteiger partial charge on any atom is -0.461 e. The molecular weight excluding hydrogens is 360 g/mol. The van der Waals surface area contributed by atoms with Crippen LogP contribution in [-0.4, -0.2) is 32.2 Å². The maximum atomic E-state index is 11.9. The molecule has 0 saturated heterocycles. The first-order valence-corrected chi connectivity index (χ1v) is 8.10. The highest BCUT2D eigenvalue weighted by molar-refractivity contribution is 9.10. The second kappa shape index (κ2) is 6.45. The van der Waals surface area contributed by atoms with Crippen LogP contribution in [0, 0.1) is 0 Å². The molecule has 3 heterocycles. The molecule has 0 spiro atoms. The summed E-state index contributed by atoms with van der Waals surface area (Å²) in [6.45, 7) is 4.10. The molecule has 118 valence electrons. The first kappa shape index (κ1) is 15.6. The Balaban J connectivity index is 2.10. The van der Waals surface area contributed by atoms with Crippen LogP contribution in [0.3, 0.4) is 0 Å². The minimum atomic E-state index is -0.419. The number of hydrogen-bond donors (Lipinski definition) is 0. The highest BCUT2D eigenvalue weighted by atomic mass is 79.9. The normalized spacial score (nSPS) is 10.9. The van der Waals surface area contributed by atoms with Gasteiger partial charge in [0.2, 0.25) is 0 Å². The van der Waals surface area contributed by atoms with Gasteiger partial charge in [-0.2, -0.15) is 5.10 Å². The van der Waals surface area contributed by atoms with E-state index in [0.29, 0.717) is 17.9 Å². The number of aryl methyl sites for hydroxylation is 1. The van der Waals surface area contributed by atoms with Gasteiger partial charge in [-0.25, -0.2) is 19.3 Å². The van der Waals surface area contributed by atoms with Crippen molar-refractivity contribution >= 4 is 27.5 Å². The zero-order valence-corrected chi connectivity index (χ0v) is 14.4. The van der Waals surface area contributed by atoms with Gasteiger partial charge in [0.25, 0.3) is 0 Å². The van der Waals surface area contributed by atoms with Gasteiger partial charge in [-0.3, -0.25) is 0 Å². The van der Waals surface area contributed by atoms with E-state index in [2.05, 4.69) is 31.0 Å². The highest BCUT2D eigenvalue weighted by Gasteiger charge is 2.15. The molecule has 3 rings (SSSR count). The van der Waals surface area contributed by atoms with Crippen LogP contribution in [-0.2, 0) is 11.2 Å². The molecule has 23 heavy (non-hydrogen) atoms. The molecule has 0 amide bonds. The Bertz CT molecular complexity index is 858. The monoisotopic (exact) mass is 374 g/mol. The fourth-order valence-corrected chi connectivity index (χ4v) is 2.50. The molecule has 7 heteroatoms. The predicted octanol–water partition coefficient (Wildman–Crippen LogP) is 3.29. The number of pyridine rings is 1. The van der Waals surface area contributed by atoms with Gasteiger partial charge in [-0.1, -0.05) is 6.92 Å². The van der Waals surface area contributed by atoms with Gasteiger partial charge >= 0.3 is 5.97 Å². The molecule has 0 atom stereocenters. The summed E-state index contributed by atoms with van der Waals surface area (Å²) in [5, 5.41) is 4.58. The van der Waals surface area contributed by atoms with Crippen molar-refractivity contribution in [1.29, 1.82) is 0 Å². The van der Waals surface area contributed by atoms with Crippen LogP contribution in [0.1, 0.15) is 30.0 Å². The summed E-state index contributed by atoms with van der Waals surface area (Å²) in [5.74, 6) is -0.419. The van der Waals surface area contributed by atoms with Crippen LogP contribution in [0.4, 0.5) is 0 Å². The Labute approximate surface area is 141 Å². The van der Waals surface area contributed by atoms with Crippen LogP contribution >= 0.6 is 15.9 Å². The third-order valence-corrected chi connectivity index (χ3v) is 3.84. The molecule has 0 saturated carbocycles. The van der Waals surface area contributed by atoms with Crippen molar-refractivity contribution < 1.29 is 9.53 Å². The topological polar surface area (TPSA) is 69.4 Å². The zero-order valence-electron chi connectivity index (χ0n) is 12.8. The molecule has 0 aliphatic carbocycles. The summed E-state index contributed by atoms with van der Waals surface area (Å²) in [6.07, 6.45) is 2.47. The van der Waals surface area contributed by atoms with Crippen molar-refractivity contribution in [2.45, 2.75) is 20.3 Å². The van der Waals surface area contributed by atoms with E-state index in [-0.39, 0.29) is 0 Å². The first-order valence-electron chi connectivity index (χ1n) is 7.31. The summed E-state index contributed by atoms with van der Waals surface area (Å²) >= 11 is 3.32. The average molecular weight is 375 g/mol. The molecule has 0 aliphatic rings. The second-order valence-electron chi connectivity index (χ2n) is 4.88. The number of aromatic nitrogens is 4. The van der Waals surface area contributed by atoms with Crippen molar-refractivity contribution in [2.24, 2.45) is 0 Å². The summed E-state index contributed by atoms with van der Waals surface area (Å²) in [5.41, 5.74) is 3.46. The maximum Gasteiger partial charge on any atom is 0.357 e. The van der Waals surface area contributed by atoms with E-state index < -0.39 is 5.97 Å². The van der Waals surface area contributed by atoms with Crippen LogP contribution in [0.15, 0.2) is 35.1 Å². The van der Waals surface area contributed by atoms with E-state index in [9.17, 15) is 4.79 Å². The quantitative estimate of drug-likeness (QED) is 0.517. The predicted molar refractivity (Wildman–Crippen MR) is 89.3 cm³/mol. The standard InChI is InChI=1S/C16H15BrN4O2/c1-3-11-7-13(16(22)23-4-2)19-15-8-12(20-21(11)15)10-5-6-14(17)18-9-10/h5-9H,3-4H2,1-2H3. The van der Waals surface area contributed by atoms with E-state index in [1.807, 2.05) is 25.1 Å². The molecule has 0 N–H and O–H groups in total. The molecule has 6 nitrogen and oxygen atoms in total. The lowest BCUT2D eigenvalue weighted by molar-refractivity contribution is 0.0519. The van der Waals surface area contributed by atoms with Crippen LogP contribution in [0.5, 0.6) is 0 Å². The third-order valence-electron chi connectivity index (χ3n) is 3.37. The number of carbonyl (C=O) groups excluding carboxylic acids is 1. The van der Waals surface area contributed by atoms with Crippen molar-refractivity contribution in [2.75, 3.05) is 6.61 Å².